The molecule has 20 heavy (non-hydrogen) atoms. The average Bonchev–Trinajstić information content (AvgIpc) is 2.42. The predicted octanol–water partition coefficient (Wildman–Crippen LogP) is 0.411. The fraction of sp³-hybridized carbons (Fsp3) is 0.385. The van der Waals surface area contributed by atoms with Gasteiger partial charge in [-0.05, 0) is 18.6 Å². The number of aliphatic carboxylic acids is 1. The lowest BCUT2D eigenvalue weighted by Gasteiger charge is -2.12. The van der Waals surface area contributed by atoms with Crippen LogP contribution in [-0.4, -0.2) is 34.4 Å². The lowest BCUT2D eigenvalue weighted by molar-refractivity contribution is -0.141. The van der Waals surface area contributed by atoms with E-state index in [4.69, 9.17) is 10.8 Å². The van der Waals surface area contributed by atoms with Gasteiger partial charge in [0.2, 0.25) is 5.91 Å². The Bertz CT molecular complexity index is 499. The summed E-state index contributed by atoms with van der Waals surface area (Å²) >= 11 is 0. The van der Waals surface area contributed by atoms with Crippen LogP contribution in [0.4, 0.5) is 0 Å². The zero-order chi connectivity index (χ0) is 15.1. The number of carboxylic acids is 1. The molecular formula is C13H17N3O4. The van der Waals surface area contributed by atoms with Gasteiger partial charge in [0.15, 0.2) is 0 Å². The Morgan fingerprint density at radius 1 is 1.40 bits per heavy atom. The summed E-state index contributed by atoms with van der Waals surface area (Å²) in [6.45, 7) is 1.92. The highest BCUT2D eigenvalue weighted by atomic mass is 16.4. The lowest BCUT2D eigenvalue weighted by atomic mass is 10.0. The third-order valence-electron chi connectivity index (χ3n) is 2.78. The SMILES string of the molecule is CCCC(CNC(=O)c1ccc(C(N)=O)cn1)C(=O)O. The monoisotopic (exact) mass is 279 g/mol. The maximum absolute atomic E-state index is 11.8. The number of carboxylic acid groups (broad SMARTS) is 1. The van der Waals surface area contributed by atoms with E-state index >= 15 is 0 Å². The fourth-order valence-corrected chi connectivity index (χ4v) is 1.64. The Hall–Kier alpha value is -2.44. The van der Waals surface area contributed by atoms with E-state index in [0.29, 0.717) is 6.42 Å². The molecule has 0 spiro atoms. The molecule has 0 aliphatic heterocycles. The Balaban J connectivity index is 2.62. The second-order valence-electron chi connectivity index (χ2n) is 4.33. The van der Waals surface area contributed by atoms with Gasteiger partial charge in [-0.25, -0.2) is 0 Å². The van der Waals surface area contributed by atoms with E-state index in [1.54, 1.807) is 0 Å². The van der Waals surface area contributed by atoms with Crippen molar-refractivity contribution in [3.63, 3.8) is 0 Å². The number of amides is 2. The highest BCUT2D eigenvalue weighted by Crippen LogP contribution is 2.06. The van der Waals surface area contributed by atoms with Crippen LogP contribution in [0.1, 0.15) is 40.6 Å². The topological polar surface area (TPSA) is 122 Å². The molecule has 1 aromatic heterocycles. The smallest absolute Gasteiger partial charge is 0.308 e. The van der Waals surface area contributed by atoms with Crippen LogP contribution in [0.5, 0.6) is 0 Å². The number of carbonyl (C=O) groups is 3. The fourth-order valence-electron chi connectivity index (χ4n) is 1.64. The second kappa shape index (κ2) is 7.22. The van der Waals surface area contributed by atoms with Gasteiger partial charge in [0.05, 0.1) is 11.5 Å². The van der Waals surface area contributed by atoms with Crippen LogP contribution in [0, 0.1) is 5.92 Å². The quantitative estimate of drug-likeness (QED) is 0.667. The number of carbonyl (C=O) groups excluding carboxylic acids is 2. The molecule has 1 aromatic rings. The molecule has 0 bridgehead atoms. The van der Waals surface area contributed by atoms with Crippen molar-refractivity contribution in [3.05, 3.63) is 29.6 Å². The van der Waals surface area contributed by atoms with Crippen molar-refractivity contribution >= 4 is 17.8 Å². The molecule has 0 aromatic carbocycles. The number of pyridine rings is 1. The van der Waals surface area contributed by atoms with Gasteiger partial charge in [-0.15, -0.1) is 0 Å². The number of primary amides is 1. The van der Waals surface area contributed by atoms with Crippen molar-refractivity contribution < 1.29 is 19.5 Å². The number of aromatic nitrogens is 1. The summed E-state index contributed by atoms with van der Waals surface area (Å²) in [7, 11) is 0. The van der Waals surface area contributed by atoms with Crippen molar-refractivity contribution in [1.82, 2.24) is 10.3 Å². The van der Waals surface area contributed by atoms with E-state index in [-0.39, 0.29) is 17.8 Å². The van der Waals surface area contributed by atoms with Gasteiger partial charge < -0.3 is 16.2 Å². The molecule has 1 rings (SSSR count). The highest BCUT2D eigenvalue weighted by molar-refractivity contribution is 5.95. The number of nitrogens with zero attached hydrogens (tertiary/aromatic N) is 1. The molecule has 1 unspecified atom stereocenters. The largest absolute Gasteiger partial charge is 0.481 e. The van der Waals surface area contributed by atoms with E-state index in [2.05, 4.69) is 10.3 Å². The van der Waals surface area contributed by atoms with Gasteiger partial charge in [0.25, 0.3) is 5.91 Å². The third-order valence-corrected chi connectivity index (χ3v) is 2.78. The summed E-state index contributed by atoms with van der Waals surface area (Å²) in [6.07, 6.45) is 2.42. The molecule has 7 heteroatoms. The van der Waals surface area contributed by atoms with E-state index in [1.165, 1.54) is 18.3 Å². The first-order chi connectivity index (χ1) is 9.45. The van der Waals surface area contributed by atoms with Gasteiger partial charge in [-0.2, -0.15) is 0 Å². The van der Waals surface area contributed by atoms with Gasteiger partial charge in [0.1, 0.15) is 5.69 Å². The molecule has 0 saturated carbocycles. The minimum absolute atomic E-state index is 0.0429. The molecule has 0 fully saturated rings. The molecule has 0 saturated heterocycles. The molecule has 7 nitrogen and oxygen atoms in total. The van der Waals surface area contributed by atoms with E-state index in [9.17, 15) is 14.4 Å². The first kappa shape index (κ1) is 15.6. The summed E-state index contributed by atoms with van der Waals surface area (Å²) in [5.74, 6) is -2.67. The Kier molecular flexibility index (Phi) is 5.64. The summed E-state index contributed by atoms with van der Waals surface area (Å²) in [4.78, 5) is 37.4. The molecule has 4 N–H and O–H groups in total. The summed E-state index contributed by atoms with van der Waals surface area (Å²) < 4.78 is 0. The Morgan fingerprint density at radius 3 is 2.55 bits per heavy atom. The molecule has 0 aliphatic rings. The zero-order valence-electron chi connectivity index (χ0n) is 11.1. The van der Waals surface area contributed by atoms with Gasteiger partial charge >= 0.3 is 5.97 Å². The number of hydrogen-bond acceptors (Lipinski definition) is 4. The van der Waals surface area contributed by atoms with Crippen LogP contribution in [0.25, 0.3) is 0 Å². The zero-order valence-corrected chi connectivity index (χ0v) is 11.1. The number of hydrogen-bond donors (Lipinski definition) is 3. The molecule has 0 radical (unpaired) electrons. The van der Waals surface area contributed by atoms with Crippen LogP contribution in [0.3, 0.4) is 0 Å². The molecule has 0 aliphatic carbocycles. The van der Waals surface area contributed by atoms with Crippen LogP contribution < -0.4 is 11.1 Å². The molecular weight excluding hydrogens is 262 g/mol. The predicted molar refractivity (Wildman–Crippen MR) is 71.1 cm³/mol. The minimum Gasteiger partial charge on any atom is -0.481 e. The molecule has 1 heterocycles. The van der Waals surface area contributed by atoms with E-state index in [0.717, 1.165) is 6.42 Å². The minimum atomic E-state index is -0.941. The number of nitrogens with two attached hydrogens (primary N) is 1. The van der Waals surface area contributed by atoms with Gasteiger partial charge in [0, 0.05) is 12.7 Å². The van der Waals surface area contributed by atoms with Crippen LogP contribution >= 0.6 is 0 Å². The maximum Gasteiger partial charge on any atom is 0.308 e. The molecule has 1 atom stereocenters. The molecule has 108 valence electrons. The Morgan fingerprint density at radius 2 is 2.10 bits per heavy atom. The van der Waals surface area contributed by atoms with Crippen molar-refractivity contribution in [2.45, 2.75) is 19.8 Å². The summed E-state index contributed by atoms with van der Waals surface area (Å²) in [6, 6.07) is 2.76. The standard InChI is InChI=1S/C13H17N3O4/c1-2-3-9(13(19)20)7-16-12(18)10-5-4-8(6-15-10)11(14)17/h4-6,9H,2-3,7H2,1H3,(H2,14,17)(H,16,18)(H,19,20). The lowest BCUT2D eigenvalue weighted by Crippen LogP contribution is -2.33. The normalized spacial score (nSPS) is 11.7. The van der Waals surface area contributed by atoms with E-state index < -0.39 is 23.7 Å². The van der Waals surface area contributed by atoms with Gasteiger partial charge in [-0.3, -0.25) is 19.4 Å². The third kappa shape index (κ3) is 4.34. The van der Waals surface area contributed by atoms with Crippen molar-refractivity contribution in [2.24, 2.45) is 11.7 Å². The van der Waals surface area contributed by atoms with Crippen LogP contribution in [0.2, 0.25) is 0 Å². The van der Waals surface area contributed by atoms with Crippen molar-refractivity contribution in [1.29, 1.82) is 0 Å². The summed E-state index contributed by atoms with van der Waals surface area (Å²) in [5.41, 5.74) is 5.37. The first-order valence-corrected chi connectivity index (χ1v) is 6.22. The molecule has 2 amide bonds. The van der Waals surface area contributed by atoms with E-state index in [1.807, 2.05) is 6.92 Å². The first-order valence-electron chi connectivity index (χ1n) is 6.22. The Labute approximate surface area is 116 Å². The second-order valence-corrected chi connectivity index (χ2v) is 4.33. The number of rotatable bonds is 7. The van der Waals surface area contributed by atoms with Crippen LogP contribution in [-0.2, 0) is 4.79 Å². The van der Waals surface area contributed by atoms with Gasteiger partial charge in [-0.1, -0.05) is 13.3 Å². The van der Waals surface area contributed by atoms with Crippen molar-refractivity contribution in [2.75, 3.05) is 6.54 Å². The summed E-state index contributed by atoms with van der Waals surface area (Å²) in [5, 5.41) is 11.5. The number of nitrogens with one attached hydrogen (secondary N) is 1. The van der Waals surface area contributed by atoms with Crippen molar-refractivity contribution in [3.8, 4) is 0 Å². The highest BCUT2D eigenvalue weighted by Gasteiger charge is 2.18. The van der Waals surface area contributed by atoms with Crippen LogP contribution in [0.15, 0.2) is 18.3 Å². The average molecular weight is 279 g/mol. The maximum atomic E-state index is 11.8.